The Balaban J connectivity index is 1.72. The maximum absolute atomic E-state index is 12.7. The van der Waals surface area contributed by atoms with Crippen molar-refractivity contribution < 1.29 is 4.79 Å². The number of hydrogen-bond acceptors (Lipinski definition) is 6. The summed E-state index contributed by atoms with van der Waals surface area (Å²) in [6.07, 6.45) is 1.81. The van der Waals surface area contributed by atoms with Crippen molar-refractivity contribution in [3.8, 4) is 16.6 Å². The summed E-state index contributed by atoms with van der Waals surface area (Å²) in [4.78, 5) is 19.3. The topological polar surface area (TPSA) is 65.8 Å². The molecule has 1 amide bonds. The summed E-state index contributed by atoms with van der Waals surface area (Å²) < 4.78 is 0. The number of nitrogens with zero attached hydrogens (tertiary/aromatic N) is 2. The van der Waals surface area contributed by atoms with E-state index in [4.69, 9.17) is 11.6 Å². The van der Waals surface area contributed by atoms with Gasteiger partial charge in [0.25, 0.3) is 5.91 Å². The predicted octanol–water partition coefficient (Wildman–Crippen LogP) is 6.90. The fourth-order valence-electron chi connectivity index (χ4n) is 2.53. The third-order valence-corrected chi connectivity index (χ3v) is 6.85. The minimum atomic E-state index is -0.254. The molecule has 3 aromatic heterocycles. The number of hydrogen-bond donors (Lipinski definition) is 1. The molecule has 0 aliphatic heterocycles. The number of halogens is 1. The standard InChI is InChI=1S/C21H12ClN3OS3/c22-15-7-5-13(6-8-15)19(26)25-21-18(17-4-2-10-28-17)24-20(29-21)14(12-23)11-16-3-1-9-27-16/h1-11H,(H,25,26)/b14-11+. The fourth-order valence-corrected chi connectivity index (χ4v) is 5.04. The Hall–Kier alpha value is -2.76. The lowest BCUT2D eigenvalue weighted by Gasteiger charge is -2.04. The van der Waals surface area contributed by atoms with Crippen molar-refractivity contribution in [1.29, 1.82) is 5.26 Å². The lowest BCUT2D eigenvalue weighted by Crippen LogP contribution is -2.11. The Morgan fingerprint density at radius 2 is 1.86 bits per heavy atom. The van der Waals surface area contributed by atoms with Crippen LogP contribution >= 0.6 is 45.6 Å². The van der Waals surface area contributed by atoms with Gasteiger partial charge in [0.15, 0.2) is 0 Å². The van der Waals surface area contributed by atoms with E-state index >= 15 is 0 Å². The van der Waals surface area contributed by atoms with Gasteiger partial charge in [-0.3, -0.25) is 4.79 Å². The van der Waals surface area contributed by atoms with Crippen molar-refractivity contribution in [2.24, 2.45) is 0 Å². The minimum absolute atomic E-state index is 0.254. The first-order chi connectivity index (χ1) is 14.1. The molecule has 3 heterocycles. The van der Waals surface area contributed by atoms with Crippen molar-refractivity contribution in [2.45, 2.75) is 0 Å². The van der Waals surface area contributed by atoms with Crippen LogP contribution in [0.4, 0.5) is 5.00 Å². The number of aromatic nitrogens is 1. The molecule has 1 aromatic carbocycles. The molecule has 0 fully saturated rings. The van der Waals surface area contributed by atoms with Crippen LogP contribution in [0.1, 0.15) is 20.2 Å². The fraction of sp³-hybridized carbons (Fsp3) is 0. The van der Waals surface area contributed by atoms with E-state index in [0.29, 0.717) is 31.9 Å². The summed E-state index contributed by atoms with van der Waals surface area (Å²) >= 11 is 10.3. The predicted molar refractivity (Wildman–Crippen MR) is 123 cm³/mol. The normalized spacial score (nSPS) is 11.2. The summed E-state index contributed by atoms with van der Waals surface area (Å²) in [6, 6.07) is 16.7. The lowest BCUT2D eigenvalue weighted by atomic mass is 10.2. The summed E-state index contributed by atoms with van der Waals surface area (Å²) in [5, 5.41) is 18.2. The van der Waals surface area contributed by atoms with E-state index in [1.54, 1.807) is 35.6 Å². The quantitative estimate of drug-likeness (QED) is 0.334. The van der Waals surface area contributed by atoms with Gasteiger partial charge in [-0.1, -0.05) is 35.1 Å². The zero-order chi connectivity index (χ0) is 20.2. The summed E-state index contributed by atoms with van der Waals surface area (Å²) in [7, 11) is 0. The number of carbonyl (C=O) groups excluding carboxylic acids is 1. The smallest absolute Gasteiger partial charge is 0.256 e. The van der Waals surface area contributed by atoms with Crippen LogP contribution in [0.2, 0.25) is 5.02 Å². The molecule has 1 N–H and O–H groups in total. The Morgan fingerprint density at radius 1 is 1.10 bits per heavy atom. The van der Waals surface area contributed by atoms with Crippen molar-refractivity contribution in [1.82, 2.24) is 4.98 Å². The second kappa shape index (κ2) is 8.72. The SMILES string of the molecule is N#C/C(=C\c1cccs1)c1nc(-c2cccs2)c(NC(=O)c2ccc(Cl)cc2)s1. The second-order valence-corrected chi connectivity index (χ2v) is 9.18. The van der Waals surface area contributed by atoms with Gasteiger partial charge in [0.1, 0.15) is 21.8 Å². The van der Waals surface area contributed by atoms with E-state index in [9.17, 15) is 10.1 Å². The molecule has 8 heteroatoms. The van der Waals surface area contributed by atoms with Gasteiger partial charge >= 0.3 is 0 Å². The van der Waals surface area contributed by atoms with Gasteiger partial charge in [0, 0.05) is 15.5 Å². The van der Waals surface area contributed by atoms with Crippen molar-refractivity contribution in [3.05, 3.63) is 79.8 Å². The molecule has 0 aliphatic rings. The van der Waals surface area contributed by atoms with Crippen LogP contribution in [0.25, 0.3) is 22.2 Å². The summed E-state index contributed by atoms with van der Waals surface area (Å²) in [5.74, 6) is -0.254. The Bertz CT molecular complexity index is 1200. The number of benzene rings is 1. The summed E-state index contributed by atoms with van der Waals surface area (Å²) in [5.41, 5.74) is 1.62. The highest BCUT2D eigenvalue weighted by molar-refractivity contribution is 7.19. The van der Waals surface area contributed by atoms with E-state index in [-0.39, 0.29) is 5.91 Å². The van der Waals surface area contributed by atoms with Crippen molar-refractivity contribution in [3.63, 3.8) is 0 Å². The molecule has 0 atom stereocenters. The van der Waals surface area contributed by atoms with Crippen molar-refractivity contribution >= 4 is 68.2 Å². The maximum Gasteiger partial charge on any atom is 0.256 e. The van der Waals surface area contributed by atoms with Gasteiger partial charge in [-0.2, -0.15) is 5.26 Å². The number of allylic oxidation sites excluding steroid dienone is 1. The number of carbonyl (C=O) groups is 1. The first-order valence-electron chi connectivity index (χ1n) is 8.41. The Labute approximate surface area is 184 Å². The van der Waals surface area contributed by atoms with Crippen LogP contribution in [0.15, 0.2) is 59.3 Å². The highest BCUT2D eigenvalue weighted by Gasteiger charge is 2.19. The monoisotopic (exact) mass is 453 g/mol. The number of anilines is 1. The molecule has 0 radical (unpaired) electrons. The first kappa shape index (κ1) is 19.6. The van der Waals surface area contributed by atoms with Gasteiger partial charge in [0.05, 0.1) is 10.5 Å². The van der Waals surface area contributed by atoms with Gasteiger partial charge < -0.3 is 5.32 Å². The zero-order valence-corrected chi connectivity index (χ0v) is 18.0. The molecule has 0 aliphatic carbocycles. The molecule has 4 nitrogen and oxygen atoms in total. The van der Waals surface area contributed by atoms with Crippen LogP contribution in [0.3, 0.4) is 0 Å². The number of amides is 1. The molecule has 0 bridgehead atoms. The molecule has 29 heavy (non-hydrogen) atoms. The van der Waals surface area contributed by atoms with Crippen LogP contribution < -0.4 is 5.32 Å². The average molecular weight is 454 g/mol. The van der Waals surface area contributed by atoms with E-state index in [1.165, 1.54) is 22.7 Å². The first-order valence-corrected chi connectivity index (χ1v) is 11.4. The average Bonchev–Trinajstić information content (AvgIpc) is 3.48. The van der Waals surface area contributed by atoms with E-state index in [1.807, 2.05) is 41.1 Å². The highest BCUT2D eigenvalue weighted by Crippen LogP contribution is 2.38. The van der Waals surface area contributed by atoms with E-state index < -0.39 is 0 Å². The molecule has 4 aromatic rings. The van der Waals surface area contributed by atoms with E-state index in [0.717, 1.165) is 9.75 Å². The van der Waals surface area contributed by atoms with Gasteiger partial charge in [-0.25, -0.2) is 4.98 Å². The largest absolute Gasteiger partial charge is 0.312 e. The Morgan fingerprint density at radius 3 is 2.52 bits per heavy atom. The number of thiophene rings is 2. The zero-order valence-electron chi connectivity index (χ0n) is 14.8. The Kier molecular flexibility index (Phi) is 5.88. The van der Waals surface area contributed by atoms with Crippen LogP contribution in [0.5, 0.6) is 0 Å². The molecule has 0 saturated heterocycles. The molecular weight excluding hydrogens is 442 g/mol. The molecular formula is C21H12ClN3OS3. The number of thiazole rings is 1. The lowest BCUT2D eigenvalue weighted by molar-refractivity contribution is 0.102. The third-order valence-electron chi connectivity index (χ3n) is 3.90. The molecule has 142 valence electrons. The van der Waals surface area contributed by atoms with Crippen molar-refractivity contribution in [2.75, 3.05) is 5.32 Å². The number of nitrogens with one attached hydrogen (secondary N) is 1. The van der Waals surface area contributed by atoms with Crippen LogP contribution in [-0.4, -0.2) is 10.9 Å². The highest BCUT2D eigenvalue weighted by atomic mass is 35.5. The minimum Gasteiger partial charge on any atom is -0.312 e. The van der Waals surface area contributed by atoms with Crippen LogP contribution in [0, 0.1) is 11.3 Å². The molecule has 0 saturated carbocycles. The van der Waals surface area contributed by atoms with Gasteiger partial charge in [0.2, 0.25) is 0 Å². The number of rotatable bonds is 5. The number of nitriles is 1. The molecule has 4 rings (SSSR count). The molecule has 0 unspecified atom stereocenters. The van der Waals surface area contributed by atoms with Crippen LogP contribution in [-0.2, 0) is 0 Å². The van der Waals surface area contributed by atoms with E-state index in [2.05, 4.69) is 16.4 Å². The summed E-state index contributed by atoms with van der Waals surface area (Å²) in [6.45, 7) is 0. The van der Waals surface area contributed by atoms with Gasteiger partial charge in [-0.05, 0) is 53.2 Å². The second-order valence-electron chi connectivity index (χ2n) is 5.82. The molecule has 0 spiro atoms. The maximum atomic E-state index is 12.7. The van der Waals surface area contributed by atoms with Gasteiger partial charge in [-0.15, -0.1) is 22.7 Å². The third kappa shape index (κ3) is 4.47.